The van der Waals surface area contributed by atoms with Crippen LogP contribution in [0, 0.1) is 0 Å². The minimum absolute atomic E-state index is 0.134. The molecule has 12 heteroatoms. The summed E-state index contributed by atoms with van der Waals surface area (Å²) in [7, 11) is 0. The lowest BCUT2D eigenvalue weighted by Gasteiger charge is -2.39. The van der Waals surface area contributed by atoms with Gasteiger partial charge in [0.25, 0.3) is 5.92 Å². The molecule has 0 bridgehead atoms. The van der Waals surface area contributed by atoms with Gasteiger partial charge in [0.2, 0.25) is 0 Å². The first-order valence-corrected chi connectivity index (χ1v) is 12.4. The van der Waals surface area contributed by atoms with E-state index in [-0.39, 0.29) is 23.7 Å². The summed E-state index contributed by atoms with van der Waals surface area (Å²) in [4.78, 5) is 10.9. The van der Waals surface area contributed by atoms with Gasteiger partial charge in [-0.05, 0) is 37.0 Å². The topological polar surface area (TPSA) is 107 Å². The molecule has 0 aliphatic heterocycles. The Hall–Kier alpha value is -2.96. The number of likely N-dealkylation sites (N-methyl/N-ethyl adjacent to an activating group) is 1. The monoisotopic (exact) mass is 502 g/mol. The fourth-order valence-corrected chi connectivity index (χ4v) is 5.53. The molecule has 0 unspecified atom stereocenters. The van der Waals surface area contributed by atoms with Gasteiger partial charge in [-0.2, -0.15) is 18.3 Å². The Balaban J connectivity index is 1.45. The number of hydrogen-bond donors (Lipinski definition) is 3. The van der Waals surface area contributed by atoms with E-state index >= 15 is 0 Å². The van der Waals surface area contributed by atoms with Crippen molar-refractivity contribution in [2.24, 2.45) is 0 Å². The van der Waals surface area contributed by atoms with Crippen LogP contribution in [0.5, 0.6) is 0 Å². The van der Waals surface area contributed by atoms with E-state index in [9.17, 15) is 13.9 Å². The molecule has 0 radical (unpaired) electrons. The van der Waals surface area contributed by atoms with Gasteiger partial charge in [-0.25, -0.2) is 9.97 Å². The van der Waals surface area contributed by atoms with E-state index in [1.807, 2.05) is 6.07 Å². The van der Waals surface area contributed by atoms with Crippen LogP contribution in [0.1, 0.15) is 50.9 Å². The van der Waals surface area contributed by atoms with Crippen molar-refractivity contribution in [3.63, 3.8) is 0 Å². The number of fused-ring (bicyclic) bond motifs is 1. The Bertz CT molecular complexity index is 1290. The molecule has 4 aromatic heterocycles. The number of aliphatic hydroxyl groups excluding tert-OH is 1. The van der Waals surface area contributed by atoms with E-state index in [0.29, 0.717) is 22.9 Å². The number of nitrogens with zero attached hydrogens (tertiary/aromatic N) is 6. The summed E-state index contributed by atoms with van der Waals surface area (Å²) < 4.78 is 34.8. The highest BCUT2D eigenvalue weighted by molar-refractivity contribution is 7.10. The quantitative estimate of drug-likeness (QED) is 0.308. The summed E-state index contributed by atoms with van der Waals surface area (Å²) in [5, 5.41) is 20.6. The van der Waals surface area contributed by atoms with Crippen LogP contribution in [0.25, 0.3) is 16.9 Å². The van der Waals surface area contributed by atoms with Crippen LogP contribution < -0.4 is 5.32 Å². The first-order valence-electron chi connectivity index (χ1n) is 11.7. The SMILES string of the molecule is CCN(Cc1cc(Nc2nc(C(C)(F)F)cn3c(-c4cn[nH]c4)cnc23)sn1)C1(CO)CCCC1. The first-order chi connectivity index (χ1) is 16.8. The molecule has 186 valence electrons. The highest BCUT2D eigenvalue weighted by Crippen LogP contribution is 2.37. The molecule has 0 atom stereocenters. The van der Waals surface area contributed by atoms with Crippen molar-refractivity contribution < 1.29 is 13.9 Å². The normalized spacial score (nSPS) is 15.9. The first kappa shape index (κ1) is 23.8. The van der Waals surface area contributed by atoms with Gasteiger partial charge < -0.3 is 10.4 Å². The number of hydrogen-bond acceptors (Lipinski definition) is 8. The second-order valence-electron chi connectivity index (χ2n) is 9.10. The van der Waals surface area contributed by atoms with Crippen molar-refractivity contribution in [2.45, 2.75) is 57.5 Å². The summed E-state index contributed by atoms with van der Waals surface area (Å²) in [6, 6.07) is 1.90. The van der Waals surface area contributed by atoms with Crippen LogP contribution >= 0.6 is 11.5 Å². The maximum absolute atomic E-state index is 14.3. The number of H-pyrrole nitrogens is 1. The van der Waals surface area contributed by atoms with Gasteiger partial charge in [0, 0.05) is 37.0 Å². The largest absolute Gasteiger partial charge is 0.394 e. The molecular formula is C23H28F2N8OS. The van der Waals surface area contributed by atoms with Gasteiger partial charge in [0.1, 0.15) is 10.7 Å². The number of nitrogens with one attached hydrogen (secondary N) is 2. The van der Waals surface area contributed by atoms with E-state index in [1.54, 1.807) is 23.0 Å². The predicted octanol–water partition coefficient (Wildman–Crippen LogP) is 4.56. The Morgan fingerprint density at radius 3 is 2.77 bits per heavy atom. The average Bonchev–Trinajstić information content (AvgIpc) is 3.63. The molecule has 1 aliphatic carbocycles. The van der Waals surface area contributed by atoms with Crippen molar-refractivity contribution in [1.29, 1.82) is 0 Å². The lowest BCUT2D eigenvalue weighted by atomic mass is 9.96. The van der Waals surface area contributed by atoms with Crippen molar-refractivity contribution in [3.05, 3.63) is 42.2 Å². The molecule has 35 heavy (non-hydrogen) atoms. The molecule has 1 saturated carbocycles. The molecule has 0 spiro atoms. The number of imidazole rings is 1. The van der Waals surface area contributed by atoms with Gasteiger partial charge >= 0.3 is 0 Å². The third kappa shape index (κ3) is 4.53. The van der Waals surface area contributed by atoms with Gasteiger partial charge in [-0.1, -0.05) is 19.8 Å². The minimum atomic E-state index is -3.14. The summed E-state index contributed by atoms with van der Waals surface area (Å²) in [6.45, 7) is 4.47. The van der Waals surface area contributed by atoms with Crippen LogP contribution in [-0.2, 0) is 12.5 Å². The smallest absolute Gasteiger partial charge is 0.288 e. The van der Waals surface area contributed by atoms with Crippen LogP contribution in [0.2, 0.25) is 0 Å². The fourth-order valence-electron chi connectivity index (χ4n) is 4.87. The number of alkyl halides is 2. The Kier molecular flexibility index (Phi) is 6.28. The summed E-state index contributed by atoms with van der Waals surface area (Å²) in [5.74, 6) is -2.91. The maximum Gasteiger partial charge on any atom is 0.288 e. The zero-order valence-electron chi connectivity index (χ0n) is 19.6. The molecule has 4 aromatic rings. The van der Waals surface area contributed by atoms with Gasteiger partial charge in [-0.3, -0.25) is 14.4 Å². The second kappa shape index (κ2) is 9.25. The molecule has 4 heterocycles. The zero-order chi connectivity index (χ0) is 24.6. The Morgan fingerprint density at radius 1 is 1.31 bits per heavy atom. The molecule has 3 N–H and O–H groups in total. The highest BCUT2D eigenvalue weighted by Gasteiger charge is 2.38. The standard InChI is InChI=1S/C23H28F2N8OS/c1-3-32(23(14-34)6-4-5-7-23)12-16-8-19(35-31-16)30-20-21-26-11-17(15-9-27-28-10-15)33(21)13-18(29-20)22(2,24)25/h8-11,13,34H,3-7,12,14H2,1-2H3,(H,27,28)(H,29,30). The molecule has 0 amide bonds. The molecule has 1 fully saturated rings. The number of rotatable bonds is 9. The predicted molar refractivity (Wildman–Crippen MR) is 130 cm³/mol. The third-order valence-corrected chi connectivity index (χ3v) is 7.51. The van der Waals surface area contributed by atoms with Crippen LogP contribution in [0.4, 0.5) is 19.6 Å². The van der Waals surface area contributed by atoms with Crippen molar-refractivity contribution >= 4 is 28.0 Å². The number of anilines is 2. The van der Waals surface area contributed by atoms with Crippen LogP contribution in [0.15, 0.2) is 30.9 Å². The second-order valence-corrected chi connectivity index (χ2v) is 9.90. The van der Waals surface area contributed by atoms with E-state index in [1.165, 1.54) is 17.7 Å². The van der Waals surface area contributed by atoms with E-state index < -0.39 is 5.92 Å². The van der Waals surface area contributed by atoms with E-state index in [2.05, 4.69) is 41.7 Å². The van der Waals surface area contributed by atoms with Crippen LogP contribution in [0.3, 0.4) is 0 Å². The molecule has 1 aliphatic rings. The lowest BCUT2D eigenvalue weighted by molar-refractivity contribution is 0.0124. The van der Waals surface area contributed by atoms with Gasteiger partial charge in [0.05, 0.1) is 30.4 Å². The van der Waals surface area contributed by atoms with Gasteiger partial charge in [0.15, 0.2) is 11.5 Å². The fraction of sp³-hybridized carbons (Fsp3) is 0.478. The minimum Gasteiger partial charge on any atom is -0.394 e. The number of aromatic amines is 1. The Labute approximate surface area is 205 Å². The molecule has 0 aromatic carbocycles. The number of aromatic nitrogens is 6. The average molecular weight is 503 g/mol. The molecule has 0 saturated heterocycles. The molecule has 9 nitrogen and oxygen atoms in total. The number of halogens is 2. The lowest BCUT2D eigenvalue weighted by Crippen LogP contribution is -2.49. The maximum atomic E-state index is 14.3. The Morgan fingerprint density at radius 2 is 2.11 bits per heavy atom. The van der Waals surface area contributed by atoms with Crippen molar-refractivity contribution in [3.8, 4) is 11.3 Å². The molecule has 5 rings (SSSR count). The third-order valence-electron chi connectivity index (χ3n) is 6.77. The number of aliphatic hydroxyl groups is 1. The van der Waals surface area contributed by atoms with Crippen molar-refractivity contribution in [1.82, 2.24) is 33.8 Å². The van der Waals surface area contributed by atoms with Crippen LogP contribution in [-0.4, -0.2) is 57.6 Å². The summed E-state index contributed by atoms with van der Waals surface area (Å²) >= 11 is 1.24. The van der Waals surface area contributed by atoms with E-state index in [4.69, 9.17) is 0 Å². The molecular weight excluding hydrogens is 474 g/mol. The van der Waals surface area contributed by atoms with E-state index in [0.717, 1.165) is 50.4 Å². The zero-order valence-corrected chi connectivity index (χ0v) is 20.4. The highest BCUT2D eigenvalue weighted by atomic mass is 32.1. The van der Waals surface area contributed by atoms with Gasteiger partial charge in [-0.15, -0.1) is 0 Å². The van der Waals surface area contributed by atoms with Crippen molar-refractivity contribution in [2.75, 3.05) is 18.5 Å². The summed E-state index contributed by atoms with van der Waals surface area (Å²) in [6.07, 6.45) is 10.4. The summed E-state index contributed by atoms with van der Waals surface area (Å²) in [5.41, 5.74) is 2.06.